The molecular formula is C14F32INO4. The van der Waals surface area contributed by atoms with Crippen LogP contribution in [-0.2, 0) is 19.8 Å². The van der Waals surface area contributed by atoms with Crippen molar-refractivity contribution in [2.75, 3.05) is 0 Å². The van der Waals surface area contributed by atoms with E-state index in [-0.39, 0.29) is 24.0 Å². The van der Waals surface area contributed by atoms with E-state index < -0.39 is 88.8 Å². The molecule has 1 unspecified atom stereocenters. The molecule has 0 saturated carbocycles. The minimum Gasteiger partial charge on any atom is -1.00 e. The first kappa shape index (κ1) is 52.4. The minimum absolute atomic E-state index is 0. The van der Waals surface area contributed by atoms with E-state index in [0.29, 0.717) is 19.8 Å². The molecule has 0 aliphatic carbocycles. The van der Waals surface area contributed by atoms with Gasteiger partial charge in [0.1, 0.15) is 0 Å². The Morgan fingerprint density at radius 2 is 0.615 bits per heavy atom. The van der Waals surface area contributed by atoms with Crippen molar-refractivity contribution < 1.29 is 189 Å². The fourth-order valence-corrected chi connectivity index (χ4v) is 3.00. The van der Waals surface area contributed by atoms with Crippen LogP contribution < -0.4 is 24.0 Å². The molecule has 0 bridgehead atoms. The fourth-order valence-electron chi connectivity index (χ4n) is 3.00. The minimum atomic E-state index is -11.1. The maximum atomic E-state index is 15.1. The van der Waals surface area contributed by atoms with E-state index in [1.807, 2.05) is 0 Å². The fraction of sp³-hybridized carbons (Fsp3) is 1.00. The van der Waals surface area contributed by atoms with Gasteiger partial charge in [0.2, 0.25) is 0 Å². The van der Waals surface area contributed by atoms with E-state index in [1.165, 1.54) is 0 Å². The van der Waals surface area contributed by atoms with Gasteiger partial charge in [0.15, 0.2) is 4.81 Å². The summed E-state index contributed by atoms with van der Waals surface area (Å²) in [5, 5.41) is 1.01. The van der Waals surface area contributed by atoms with E-state index in [1.54, 1.807) is 0 Å². The quantitative estimate of drug-likeness (QED) is 0.0585. The molecule has 0 spiro atoms. The smallest absolute Gasteiger partial charge is 0.636 e. The van der Waals surface area contributed by atoms with Gasteiger partial charge in [0, 0.05) is 9.05 Å². The summed E-state index contributed by atoms with van der Waals surface area (Å²) >= 11 is 0. The van der Waals surface area contributed by atoms with Crippen LogP contribution >= 0.6 is 0 Å². The van der Waals surface area contributed by atoms with Gasteiger partial charge < -0.3 is 24.0 Å². The number of hydrogen-bond donors (Lipinski definition) is 0. The predicted octanol–water partition coefficient (Wildman–Crippen LogP) is 6.97. The lowest BCUT2D eigenvalue weighted by Gasteiger charge is -2.52. The van der Waals surface area contributed by atoms with Crippen LogP contribution in [0.1, 0.15) is 0 Å². The topological polar surface area (TPSA) is 36.9 Å². The molecule has 5 nitrogen and oxygen atoms in total. The third-order valence-electron chi connectivity index (χ3n) is 5.61. The molecular weight excluding hydrogens is 981 g/mol. The molecule has 1 atom stereocenters. The Labute approximate surface area is 274 Å². The normalized spacial score (nSPS) is 17.5. The lowest BCUT2D eigenvalue weighted by Crippen LogP contribution is -3.00. The third kappa shape index (κ3) is 6.36. The van der Waals surface area contributed by atoms with Gasteiger partial charge >= 0.3 is 84.0 Å². The van der Waals surface area contributed by atoms with Crippen LogP contribution in [0.15, 0.2) is 0 Å². The average molecular weight is 981 g/mol. The SMILES string of the molecule is FOC(F)(F)C(F)(F)C(F)(F)C(OC(F)(F)C(F)(F)F)(C(F)(F)C(F)(F)C(F)(F)C(F)(F)C(F)(F)C(F)(F)F)C(F)(F)[N+](OF)(OF)C(F)(F)F.[I-]. The lowest BCUT2D eigenvalue weighted by atomic mass is 9.75. The molecule has 0 aliphatic rings. The summed E-state index contributed by atoms with van der Waals surface area (Å²) in [5.74, 6) is -71.7. The molecule has 0 rings (SSSR count). The summed E-state index contributed by atoms with van der Waals surface area (Å²) in [5.41, 5.74) is -11.1. The third-order valence-corrected chi connectivity index (χ3v) is 5.61. The molecule has 52 heavy (non-hydrogen) atoms. The van der Waals surface area contributed by atoms with Crippen molar-refractivity contribution in [3.63, 3.8) is 0 Å². The second-order valence-electron chi connectivity index (χ2n) is 8.61. The summed E-state index contributed by atoms with van der Waals surface area (Å²) in [6.45, 7) is 0. The maximum absolute atomic E-state index is 15.1. The number of quaternary nitrogens is 1. The summed E-state index contributed by atoms with van der Waals surface area (Å²) in [7, 11) is 0. The van der Waals surface area contributed by atoms with Crippen molar-refractivity contribution >= 4 is 0 Å². The van der Waals surface area contributed by atoms with Gasteiger partial charge in [-0.05, 0) is 4.53 Å². The van der Waals surface area contributed by atoms with Crippen LogP contribution in [-0.4, -0.2) is 88.8 Å². The van der Waals surface area contributed by atoms with Gasteiger partial charge in [0.05, 0.1) is 10.1 Å². The average Bonchev–Trinajstić information content (AvgIpc) is 2.89. The summed E-state index contributed by atoms with van der Waals surface area (Å²) in [6.07, 6.45) is -44.8. The Balaban J connectivity index is 0. The Hall–Kier alpha value is -1.71. The monoisotopic (exact) mass is 981 g/mol. The second-order valence-corrected chi connectivity index (χ2v) is 8.61. The van der Waals surface area contributed by atoms with Crippen molar-refractivity contribution in [3.05, 3.63) is 0 Å². The standard InChI is InChI=1S/C14F32NO4.HI/c15-2(16,4(19,20)5(21,22)6(23,24)7(25,26)9(29,30)31)1(48-13(39,40)10(32,33)34,3(17,18)8(27,28)12(37,38)49-44)11(35,36)47(50-45,51-46)14(41,42)43;/h;1H/q+1;/p-1. The first-order valence-electron chi connectivity index (χ1n) is 10.1. The van der Waals surface area contributed by atoms with Crippen molar-refractivity contribution in [1.29, 1.82) is 0 Å². The summed E-state index contributed by atoms with van der Waals surface area (Å²) in [6, 6.07) is -10.6. The highest BCUT2D eigenvalue weighted by Crippen LogP contribution is 2.71. The van der Waals surface area contributed by atoms with Gasteiger partial charge in [0.25, 0.3) is 0 Å². The second kappa shape index (κ2) is 13.5. The van der Waals surface area contributed by atoms with Crippen LogP contribution in [0.4, 0.5) is 141 Å². The molecule has 0 saturated heterocycles. The first-order valence-corrected chi connectivity index (χ1v) is 10.1. The Morgan fingerprint density at radius 1 is 0.327 bits per heavy atom. The molecule has 0 aromatic carbocycles. The number of hydroxylamine groups is 4. The van der Waals surface area contributed by atoms with Crippen molar-refractivity contribution in [2.24, 2.45) is 0 Å². The zero-order chi connectivity index (χ0) is 42.3. The van der Waals surface area contributed by atoms with E-state index in [9.17, 15) is 123 Å². The molecule has 0 radical (unpaired) electrons. The van der Waals surface area contributed by atoms with E-state index in [0.717, 1.165) is 0 Å². The van der Waals surface area contributed by atoms with Crippen LogP contribution in [0, 0.1) is 0 Å². The zero-order valence-electron chi connectivity index (χ0n) is 21.6. The summed E-state index contributed by atoms with van der Waals surface area (Å²) in [4.78, 5) is -7.72. The number of rotatable bonds is 15. The van der Waals surface area contributed by atoms with Gasteiger partial charge in [-0.2, -0.15) is 105 Å². The molecule has 0 fully saturated rings. The molecule has 38 heteroatoms. The highest BCUT2D eigenvalue weighted by Gasteiger charge is 3.08. The van der Waals surface area contributed by atoms with Crippen LogP contribution in [0.2, 0.25) is 0 Å². The first-order chi connectivity index (χ1) is 21.6. The van der Waals surface area contributed by atoms with Gasteiger partial charge in [-0.15, -0.1) is 26.9 Å². The van der Waals surface area contributed by atoms with E-state index in [4.69, 9.17) is 0 Å². The highest BCUT2D eigenvalue weighted by molar-refractivity contribution is 5.24. The zero-order valence-corrected chi connectivity index (χ0v) is 23.7. The molecule has 0 heterocycles. The van der Waals surface area contributed by atoms with E-state index in [2.05, 4.69) is 0 Å². The molecule has 0 amide bonds. The number of alkyl halides is 29. The van der Waals surface area contributed by atoms with Gasteiger partial charge in [-0.1, -0.05) is 0 Å². The van der Waals surface area contributed by atoms with Gasteiger partial charge in [-0.25, -0.2) is 0 Å². The van der Waals surface area contributed by atoms with Crippen LogP contribution in [0.3, 0.4) is 0 Å². The number of nitrogens with zero attached hydrogens (tertiary/aromatic N) is 1. The Morgan fingerprint density at radius 3 is 0.865 bits per heavy atom. The molecule has 0 aromatic heterocycles. The Kier molecular flexibility index (Phi) is 13.6. The molecule has 0 aliphatic heterocycles. The van der Waals surface area contributed by atoms with E-state index >= 15 is 17.6 Å². The predicted molar refractivity (Wildman–Crippen MR) is 78.3 cm³/mol. The number of hydrogen-bond acceptors (Lipinski definition) is 4. The largest absolute Gasteiger partial charge is 1.00 e. The Bertz CT molecular complexity index is 1230. The van der Waals surface area contributed by atoms with Crippen LogP contribution in [0.25, 0.3) is 0 Å². The van der Waals surface area contributed by atoms with Gasteiger partial charge in [-0.3, -0.25) is 4.74 Å². The summed E-state index contributed by atoms with van der Waals surface area (Å²) < 4.78 is 434. The number of ether oxygens (including phenoxy) is 1. The lowest BCUT2D eigenvalue weighted by molar-refractivity contribution is -1.38. The van der Waals surface area contributed by atoms with Crippen molar-refractivity contribution in [2.45, 2.75) is 84.0 Å². The van der Waals surface area contributed by atoms with Crippen molar-refractivity contribution in [3.8, 4) is 0 Å². The van der Waals surface area contributed by atoms with Crippen LogP contribution in [0.5, 0.6) is 0 Å². The molecule has 0 aromatic rings. The number of halogens is 33. The highest BCUT2D eigenvalue weighted by atomic mass is 127. The van der Waals surface area contributed by atoms with Crippen molar-refractivity contribution in [1.82, 2.24) is 0 Å². The maximum Gasteiger partial charge on any atom is 0.636 e. The molecule has 316 valence electrons. The molecule has 0 N–H and O–H groups in total.